The molecule has 2 aliphatic carbocycles. The van der Waals surface area contributed by atoms with Crippen LogP contribution in [-0.2, 0) is 0 Å². The van der Waals surface area contributed by atoms with Crippen molar-refractivity contribution in [2.24, 2.45) is 11.8 Å². The molecule has 3 heteroatoms. The molecule has 9 rings (SSSR count). The number of para-hydroxylation sites is 1. The number of rotatable bonds is 4. The Bertz CT molecular complexity index is 2480. The lowest BCUT2D eigenvalue weighted by Gasteiger charge is -2.25. The van der Waals surface area contributed by atoms with Crippen molar-refractivity contribution in [2.45, 2.75) is 0 Å². The van der Waals surface area contributed by atoms with Gasteiger partial charge in [-0.3, -0.25) is 4.57 Å². The summed E-state index contributed by atoms with van der Waals surface area (Å²) in [5, 5.41) is 14.5. The van der Waals surface area contributed by atoms with Gasteiger partial charge in [0, 0.05) is 23.1 Å². The first-order valence-corrected chi connectivity index (χ1v) is 16.0. The summed E-state index contributed by atoms with van der Waals surface area (Å²) in [6, 6.07) is 44.7. The molecular formula is C44H29N3. The number of hydrogen-bond acceptors (Lipinski definition) is 2. The molecule has 2 aliphatic rings. The molecule has 0 fully saturated rings. The fourth-order valence-corrected chi connectivity index (χ4v) is 7.39. The molecule has 2 unspecified atom stereocenters. The summed E-state index contributed by atoms with van der Waals surface area (Å²) in [6.45, 7) is 0. The predicted molar refractivity (Wildman–Crippen MR) is 194 cm³/mol. The van der Waals surface area contributed by atoms with Crippen LogP contribution in [0, 0.1) is 23.2 Å². The van der Waals surface area contributed by atoms with Crippen molar-refractivity contribution in [2.75, 3.05) is 0 Å². The smallest absolute Gasteiger partial charge is 0.145 e. The third-order valence-electron chi connectivity index (χ3n) is 9.52. The topological polar surface area (TPSA) is 41.6 Å². The lowest BCUT2D eigenvalue weighted by Crippen LogP contribution is -2.11. The highest BCUT2D eigenvalue weighted by atomic mass is 15.1. The minimum Gasteiger partial charge on any atom is -0.292 e. The Morgan fingerprint density at radius 1 is 0.596 bits per heavy atom. The zero-order valence-corrected chi connectivity index (χ0v) is 25.6. The molecule has 0 aliphatic heterocycles. The summed E-state index contributed by atoms with van der Waals surface area (Å²) in [7, 11) is 0. The van der Waals surface area contributed by atoms with E-state index in [1.54, 1.807) is 0 Å². The Hall–Kier alpha value is -6.24. The molecule has 0 bridgehead atoms. The minimum atomic E-state index is 0.363. The molecule has 0 saturated heterocycles. The van der Waals surface area contributed by atoms with Crippen LogP contribution in [0.3, 0.4) is 0 Å². The zero-order valence-electron chi connectivity index (χ0n) is 25.6. The van der Waals surface area contributed by atoms with Crippen LogP contribution < -0.4 is 0 Å². The molecule has 3 nitrogen and oxygen atoms in total. The summed E-state index contributed by atoms with van der Waals surface area (Å²) >= 11 is 0. The third kappa shape index (κ3) is 4.46. The van der Waals surface area contributed by atoms with Crippen LogP contribution in [0.15, 0.2) is 164 Å². The molecule has 47 heavy (non-hydrogen) atoms. The molecule has 0 spiro atoms. The van der Waals surface area contributed by atoms with Crippen LogP contribution in [0.4, 0.5) is 0 Å². The van der Waals surface area contributed by atoms with E-state index in [4.69, 9.17) is 4.98 Å². The second-order valence-electron chi connectivity index (χ2n) is 12.2. The number of allylic oxidation sites excluding steroid dienone is 8. The van der Waals surface area contributed by atoms with Gasteiger partial charge in [0.05, 0.1) is 22.7 Å². The fraction of sp³-hybridized carbons (Fsp3) is 0.0455. The molecular weight excluding hydrogens is 571 g/mol. The van der Waals surface area contributed by atoms with Gasteiger partial charge in [-0.15, -0.1) is 0 Å². The van der Waals surface area contributed by atoms with Gasteiger partial charge in [-0.25, -0.2) is 4.98 Å². The van der Waals surface area contributed by atoms with E-state index in [-0.39, 0.29) is 0 Å². The lowest BCUT2D eigenvalue weighted by molar-refractivity contribution is 0.663. The fourth-order valence-electron chi connectivity index (χ4n) is 7.39. The van der Waals surface area contributed by atoms with Crippen LogP contribution >= 0.6 is 0 Å². The van der Waals surface area contributed by atoms with Gasteiger partial charge < -0.3 is 0 Å². The number of aromatic nitrogens is 2. The van der Waals surface area contributed by atoms with Crippen molar-refractivity contribution >= 4 is 38.2 Å². The van der Waals surface area contributed by atoms with E-state index in [0.717, 1.165) is 33.7 Å². The average Bonchev–Trinajstić information content (AvgIpc) is 3.53. The van der Waals surface area contributed by atoms with E-state index in [1.165, 1.54) is 38.2 Å². The Balaban J connectivity index is 1.28. The summed E-state index contributed by atoms with van der Waals surface area (Å²) in [5.41, 5.74) is 9.32. The molecule has 0 radical (unpaired) electrons. The molecule has 0 amide bonds. The molecule has 2 atom stereocenters. The van der Waals surface area contributed by atoms with E-state index >= 15 is 0 Å². The second-order valence-corrected chi connectivity index (χ2v) is 12.2. The maximum absolute atomic E-state index is 9.60. The van der Waals surface area contributed by atoms with Crippen LogP contribution in [0.1, 0.15) is 11.1 Å². The molecule has 1 heterocycles. The first-order valence-electron chi connectivity index (χ1n) is 16.0. The van der Waals surface area contributed by atoms with Gasteiger partial charge in [0.1, 0.15) is 5.82 Å². The molecule has 0 saturated carbocycles. The standard InChI is InChI=1S/C44H29N3/c45-28-29-21-24-41-40(25-29)46-44(47(41)35-15-2-1-3-16-35)34-14-10-13-32(27-34)42-36-17-6-8-19-38(36)43(39-20-9-7-18-37(39)42)33-23-22-30-11-4-5-12-31(30)26-33/h1-27,30-31H. The molecule has 0 N–H and O–H groups in total. The van der Waals surface area contributed by atoms with Gasteiger partial charge in [-0.2, -0.15) is 5.26 Å². The summed E-state index contributed by atoms with van der Waals surface area (Å²) in [6.07, 6.45) is 16.0. The van der Waals surface area contributed by atoms with Gasteiger partial charge in [0.25, 0.3) is 0 Å². The van der Waals surface area contributed by atoms with Gasteiger partial charge in [0.2, 0.25) is 0 Å². The van der Waals surface area contributed by atoms with Crippen molar-refractivity contribution in [3.63, 3.8) is 0 Å². The van der Waals surface area contributed by atoms with E-state index < -0.39 is 0 Å². The number of benzene rings is 6. The Kier molecular flexibility index (Phi) is 6.33. The normalized spacial score (nSPS) is 16.8. The van der Waals surface area contributed by atoms with Crippen LogP contribution in [0.2, 0.25) is 0 Å². The van der Waals surface area contributed by atoms with Crippen LogP contribution in [-0.4, -0.2) is 9.55 Å². The van der Waals surface area contributed by atoms with Crippen molar-refractivity contribution in [3.05, 3.63) is 175 Å². The highest BCUT2D eigenvalue weighted by Crippen LogP contribution is 2.44. The number of hydrogen-bond donors (Lipinski definition) is 0. The molecule has 220 valence electrons. The van der Waals surface area contributed by atoms with Crippen molar-refractivity contribution in [1.82, 2.24) is 9.55 Å². The Morgan fingerprint density at radius 2 is 1.26 bits per heavy atom. The monoisotopic (exact) mass is 599 g/mol. The lowest BCUT2D eigenvalue weighted by atomic mass is 9.79. The third-order valence-corrected chi connectivity index (χ3v) is 9.52. The number of nitriles is 1. The van der Waals surface area contributed by atoms with Crippen molar-refractivity contribution < 1.29 is 0 Å². The van der Waals surface area contributed by atoms with Crippen LogP contribution in [0.25, 0.3) is 66.4 Å². The average molecular weight is 600 g/mol. The highest BCUT2D eigenvalue weighted by molar-refractivity contribution is 6.19. The Morgan fingerprint density at radius 3 is 1.98 bits per heavy atom. The van der Waals surface area contributed by atoms with E-state index in [2.05, 4.69) is 138 Å². The van der Waals surface area contributed by atoms with Gasteiger partial charge in [-0.1, -0.05) is 127 Å². The van der Waals surface area contributed by atoms with Gasteiger partial charge in [0.15, 0.2) is 0 Å². The summed E-state index contributed by atoms with van der Waals surface area (Å²) < 4.78 is 2.19. The van der Waals surface area contributed by atoms with E-state index in [1.807, 2.05) is 36.4 Å². The maximum atomic E-state index is 9.60. The van der Waals surface area contributed by atoms with Crippen molar-refractivity contribution in [1.29, 1.82) is 5.26 Å². The maximum Gasteiger partial charge on any atom is 0.145 e. The largest absolute Gasteiger partial charge is 0.292 e. The minimum absolute atomic E-state index is 0.363. The van der Waals surface area contributed by atoms with Crippen molar-refractivity contribution in [3.8, 4) is 34.3 Å². The van der Waals surface area contributed by atoms with Crippen LogP contribution in [0.5, 0.6) is 0 Å². The summed E-state index contributed by atoms with van der Waals surface area (Å²) in [5.74, 6) is 1.62. The molecule has 1 aromatic heterocycles. The quantitative estimate of drug-likeness (QED) is 0.189. The van der Waals surface area contributed by atoms with E-state index in [9.17, 15) is 5.26 Å². The number of imidazole rings is 1. The SMILES string of the molecule is N#Cc1ccc2c(c1)nc(-c1cccc(-c3c4ccccc4c(C4=CC5C=CC=CC5C=C4)c4ccccc34)c1)n2-c1ccccc1. The number of nitrogens with zero attached hydrogens (tertiary/aromatic N) is 3. The Labute approximate surface area is 273 Å². The highest BCUT2D eigenvalue weighted by Gasteiger charge is 2.23. The summed E-state index contributed by atoms with van der Waals surface area (Å²) in [4.78, 5) is 5.12. The second kappa shape index (κ2) is 11.0. The zero-order chi connectivity index (χ0) is 31.3. The number of fused-ring (bicyclic) bond motifs is 4. The van der Waals surface area contributed by atoms with E-state index in [0.29, 0.717) is 17.4 Å². The molecule has 6 aromatic carbocycles. The first-order chi connectivity index (χ1) is 23.3. The molecule has 7 aromatic rings. The predicted octanol–water partition coefficient (Wildman–Crippen LogP) is 10.8. The van der Waals surface area contributed by atoms with Gasteiger partial charge >= 0.3 is 0 Å². The van der Waals surface area contributed by atoms with Gasteiger partial charge in [-0.05, 0) is 80.2 Å². The first kappa shape index (κ1) is 27.1.